The van der Waals surface area contributed by atoms with E-state index in [1.54, 1.807) is 12.3 Å². The van der Waals surface area contributed by atoms with Gasteiger partial charge in [-0.2, -0.15) is 0 Å². The predicted octanol–water partition coefficient (Wildman–Crippen LogP) is 3.93. The molecule has 1 aliphatic rings. The number of benzene rings is 1. The Morgan fingerprint density at radius 2 is 2.03 bits per heavy atom. The summed E-state index contributed by atoms with van der Waals surface area (Å²) >= 11 is 0. The number of ether oxygens (including phenoxy) is 2. The summed E-state index contributed by atoms with van der Waals surface area (Å²) in [5.74, 6) is 1.11. The number of methoxy groups -OCH3 is 1. The number of rotatable bonds is 8. The molecule has 0 unspecified atom stereocenters. The van der Waals surface area contributed by atoms with Gasteiger partial charge in [-0.3, -0.25) is 4.79 Å². The highest BCUT2D eigenvalue weighted by Gasteiger charge is 2.21. The fourth-order valence-corrected chi connectivity index (χ4v) is 4.83. The first-order valence-corrected chi connectivity index (χ1v) is 12.4. The number of imidazole rings is 1. The van der Waals surface area contributed by atoms with Gasteiger partial charge in [0, 0.05) is 43.0 Å². The molecule has 0 saturated carbocycles. The Bertz CT molecular complexity index is 1400. The maximum Gasteiger partial charge on any atom is 0.240 e. The second-order valence-corrected chi connectivity index (χ2v) is 9.30. The number of amides is 1. The highest BCUT2D eigenvalue weighted by Crippen LogP contribution is 2.29. The molecule has 10 heteroatoms. The normalized spacial score (nSPS) is 14.3. The van der Waals surface area contributed by atoms with Crippen LogP contribution in [0.15, 0.2) is 35.0 Å². The fraction of sp³-hybridized carbons (Fsp3) is 0.407. The molecule has 1 fully saturated rings. The molecular weight excluding hydrogens is 477 g/mol. The highest BCUT2D eigenvalue weighted by molar-refractivity contribution is 5.82. The molecule has 0 radical (unpaired) electrons. The molecule has 5 rings (SSSR count). The predicted molar refractivity (Wildman–Crippen MR) is 135 cm³/mol. The van der Waals surface area contributed by atoms with Crippen LogP contribution in [-0.4, -0.2) is 52.0 Å². The number of nitrogens with zero attached hydrogens (tertiary/aromatic N) is 4. The van der Waals surface area contributed by atoms with Gasteiger partial charge >= 0.3 is 0 Å². The number of hydrogen-bond acceptors (Lipinski definition) is 7. The first-order chi connectivity index (χ1) is 17.9. The minimum absolute atomic E-state index is 0.0951. The van der Waals surface area contributed by atoms with E-state index in [4.69, 9.17) is 19.0 Å². The van der Waals surface area contributed by atoms with Gasteiger partial charge in [0.05, 0.1) is 12.8 Å². The summed E-state index contributed by atoms with van der Waals surface area (Å²) in [4.78, 5) is 22.5. The zero-order chi connectivity index (χ0) is 25.9. The van der Waals surface area contributed by atoms with Gasteiger partial charge in [0.1, 0.15) is 23.6 Å². The van der Waals surface area contributed by atoms with Gasteiger partial charge in [-0.1, -0.05) is 11.2 Å². The van der Waals surface area contributed by atoms with Crippen molar-refractivity contribution >= 4 is 17.1 Å². The highest BCUT2D eigenvalue weighted by atomic mass is 19.1. The van der Waals surface area contributed by atoms with E-state index < -0.39 is 5.82 Å². The molecule has 1 amide bonds. The maximum atomic E-state index is 14.2. The Balaban J connectivity index is 1.45. The van der Waals surface area contributed by atoms with Crippen LogP contribution in [0.5, 0.6) is 5.75 Å². The van der Waals surface area contributed by atoms with Crippen LogP contribution in [0, 0.1) is 19.7 Å². The van der Waals surface area contributed by atoms with Crippen molar-refractivity contribution in [3.05, 3.63) is 59.1 Å². The maximum absolute atomic E-state index is 14.2. The summed E-state index contributed by atoms with van der Waals surface area (Å²) in [5.41, 5.74) is 4.62. The van der Waals surface area contributed by atoms with Crippen LogP contribution in [-0.2, 0) is 28.9 Å². The number of carbonyl (C=O) groups excluding carboxylic acids is 1. The smallest absolute Gasteiger partial charge is 0.240 e. The van der Waals surface area contributed by atoms with Crippen molar-refractivity contribution < 1.29 is 23.2 Å². The molecule has 4 heterocycles. The van der Waals surface area contributed by atoms with E-state index in [1.165, 1.54) is 13.2 Å². The zero-order valence-corrected chi connectivity index (χ0v) is 21.2. The molecule has 194 valence electrons. The molecular formula is C27H30FN5O4. The lowest BCUT2D eigenvalue weighted by Gasteiger charge is -2.23. The molecule has 1 N–H and O–H groups in total. The van der Waals surface area contributed by atoms with E-state index >= 15 is 0 Å². The second-order valence-electron chi connectivity index (χ2n) is 9.30. The number of pyridine rings is 1. The van der Waals surface area contributed by atoms with Crippen LogP contribution in [0.4, 0.5) is 4.39 Å². The Morgan fingerprint density at radius 1 is 1.22 bits per heavy atom. The van der Waals surface area contributed by atoms with Gasteiger partial charge < -0.3 is 23.9 Å². The van der Waals surface area contributed by atoms with Crippen molar-refractivity contribution in [2.45, 2.75) is 52.1 Å². The third-order valence-corrected chi connectivity index (χ3v) is 6.73. The van der Waals surface area contributed by atoms with Crippen LogP contribution in [0.2, 0.25) is 0 Å². The lowest BCUT2D eigenvalue weighted by atomic mass is 10.1. The molecule has 0 atom stereocenters. The van der Waals surface area contributed by atoms with E-state index in [2.05, 4.69) is 15.5 Å². The number of aryl methyl sites for hydroxylation is 4. The van der Waals surface area contributed by atoms with Crippen molar-refractivity contribution in [2.75, 3.05) is 20.3 Å². The van der Waals surface area contributed by atoms with E-state index in [0.717, 1.165) is 35.2 Å². The van der Waals surface area contributed by atoms with Crippen LogP contribution in [0.25, 0.3) is 22.3 Å². The molecule has 37 heavy (non-hydrogen) atoms. The number of fused-ring (bicyclic) bond motifs is 1. The quantitative estimate of drug-likeness (QED) is 0.385. The average molecular weight is 508 g/mol. The molecule has 1 saturated heterocycles. The lowest BCUT2D eigenvalue weighted by Crippen LogP contribution is -2.40. The van der Waals surface area contributed by atoms with Crippen LogP contribution in [0.3, 0.4) is 0 Å². The SMILES string of the molecule is COc1ccc(CCc2nc3cc(-c4c(C)noc4C)cnc3n2CC(=O)NC2CCOCC2)cc1F. The van der Waals surface area contributed by atoms with Gasteiger partial charge in [0.2, 0.25) is 5.91 Å². The topological polar surface area (TPSA) is 104 Å². The van der Waals surface area contributed by atoms with Gasteiger partial charge in [0.15, 0.2) is 17.2 Å². The zero-order valence-electron chi connectivity index (χ0n) is 21.2. The first kappa shape index (κ1) is 24.9. The van der Waals surface area contributed by atoms with Crippen molar-refractivity contribution in [1.82, 2.24) is 25.0 Å². The number of carbonyl (C=O) groups is 1. The van der Waals surface area contributed by atoms with Crippen LogP contribution in [0.1, 0.15) is 35.7 Å². The Morgan fingerprint density at radius 3 is 2.73 bits per heavy atom. The molecule has 4 aromatic rings. The molecule has 1 aromatic carbocycles. The van der Waals surface area contributed by atoms with Crippen molar-refractivity contribution in [1.29, 1.82) is 0 Å². The Hall–Kier alpha value is -3.79. The van der Waals surface area contributed by atoms with E-state index in [0.29, 0.717) is 48.8 Å². The van der Waals surface area contributed by atoms with Crippen molar-refractivity contribution in [3.63, 3.8) is 0 Å². The number of nitrogens with one attached hydrogen (secondary N) is 1. The van der Waals surface area contributed by atoms with Gasteiger partial charge in [0.25, 0.3) is 0 Å². The monoisotopic (exact) mass is 507 g/mol. The molecule has 9 nitrogen and oxygen atoms in total. The summed E-state index contributed by atoms with van der Waals surface area (Å²) in [7, 11) is 1.44. The molecule has 3 aromatic heterocycles. The van der Waals surface area contributed by atoms with E-state index in [1.807, 2.05) is 30.5 Å². The van der Waals surface area contributed by atoms with Crippen LogP contribution < -0.4 is 10.1 Å². The summed E-state index contributed by atoms with van der Waals surface area (Å²) in [6, 6.07) is 6.96. The largest absolute Gasteiger partial charge is 0.494 e. The Kier molecular flexibility index (Phi) is 7.18. The summed E-state index contributed by atoms with van der Waals surface area (Å²) < 4.78 is 31.8. The van der Waals surface area contributed by atoms with Gasteiger partial charge in [-0.15, -0.1) is 0 Å². The first-order valence-electron chi connectivity index (χ1n) is 12.4. The van der Waals surface area contributed by atoms with Gasteiger partial charge in [-0.05, 0) is 56.9 Å². The number of hydrogen-bond donors (Lipinski definition) is 1. The summed E-state index contributed by atoms with van der Waals surface area (Å²) in [6.07, 6.45) is 4.40. The van der Waals surface area contributed by atoms with Crippen molar-refractivity contribution in [3.8, 4) is 16.9 Å². The number of halogens is 1. The third kappa shape index (κ3) is 5.34. The van der Waals surface area contributed by atoms with E-state index in [-0.39, 0.29) is 24.2 Å². The Labute approximate surface area is 214 Å². The number of aromatic nitrogens is 4. The summed E-state index contributed by atoms with van der Waals surface area (Å²) in [5, 5.41) is 7.16. The van der Waals surface area contributed by atoms with E-state index in [9.17, 15) is 9.18 Å². The lowest BCUT2D eigenvalue weighted by molar-refractivity contribution is -0.122. The fourth-order valence-electron chi connectivity index (χ4n) is 4.83. The van der Waals surface area contributed by atoms with Crippen LogP contribution >= 0.6 is 0 Å². The average Bonchev–Trinajstić information content (AvgIpc) is 3.41. The minimum Gasteiger partial charge on any atom is -0.494 e. The molecule has 1 aliphatic heterocycles. The molecule has 0 bridgehead atoms. The summed E-state index contributed by atoms with van der Waals surface area (Å²) in [6.45, 7) is 5.13. The second kappa shape index (κ2) is 10.7. The molecule has 0 aliphatic carbocycles. The van der Waals surface area contributed by atoms with Gasteiger partial charge in [-0.25, -0.2) is 14.4 Å². The minimum atomic E-state index is -0.407. The van der Waals surface area contributed by atoms with Crippen molar-refractivity contribution in [2.24, 2.45) is 0 Å². The standard InChI is InChI=1S/C27H30FN5O4/c1-16-26(17(2)37-32-16)19-13-22-27(29-14-19)33(15-25(34)30-20-8-10-36-11-9-20)24(31-22)7-5-18-4-6-23(35-3)21(28)12-18/h4,6,12-14,20H,5,7-11,15H2,1-3H3,(H,30,34). The third-order valence-electron chi connectivity index (χ3n) is 6.73. The molecule has 0 spiro atoms.